The van der Waals surface area contributed by atoms with E-state index in [2.05, 4.69) is 30.2 Å². The molecular weight excluding hydrogens is 174 g/mol. The molecule has 0 N–H and O–H groups in total. The number of hydrogen-bond donors (Lipinski definition) is 0. The highest BCUT2D eigenvalue weighted by molar-refractivity contribution is 8.31. The van der Waals surface area contributed by atoms with Crippen LogP contribution in [0.2, 0.25) is 0 Å². The summed E-state index contributed by atoms with van der Waals surface area (Å²) in [5, 5.41) is 0. The van der Waals surface area contributed by atoms with Crippen LogP contribution in [0.25, 0.3) is 0 Å². The Bertz CT molecular complexity index is 255. The Morgan fingerprint density at radius 3 is 3.27 bits per heavy atom. The summed E-state index contributed by atoms with van der Waals surface area (Å²) in [6.07, 6.45) is 7.72. The van der Waals surface area contributed by atoms with E-state index in [1.54, 1.807) is 0 Å². The molecule has 1 fully saturated rings. The van der Waals surface area contributed by atoms with E-state index in [-0.39, 0.29) is 9.45 Å². The van der Waals surface area contributed by atoms with Crippen LogP contribution >= 0.6 is 0 Å². The maximum atomic E-state index is 5.36. The van der Waals surface area contributed by atoms with Gasteiger partial charge in [-0.15, -0.1) is 0 Å². The highest BCUT2D eigenvalue weighted by Gasteiger charge is 2.29. The number of nitrogens with zero attached hydrogens (tertiary/aromatic N) is 1. The van der Waals surface area contributed by atoms with Crippen LogP contribution in [0.1, 0.15) is 6.42 Å². The molecule has 0 aromatic rings. The quantitative estimate of drug-likeness (QED) is 0.557. The minimum atomic E-state index is 0.0997. The number of rotatable bonds is 0. The molecule has 60 valence electrons. The van der Waals surface area contributed by atoms with Crippen molar-refractivity contribution >= 4 is 20.6 Å². The lowest BCUT2D eigenvalue weighted by atomic mass is 10.1. The molecule has 2 rings (SSSR count). The van der Waals surface area contributed by atoms with Gasteiger partial charge >= 0.3 is 0 Å². The average molecular weight is 185 g/mol. The molecule has 2 unspecified atom stereocenters. The molecule has 1 nitrogen and oxygen atoms in total. The molecular formula is C8H11NS2. The van der Waals surface area contributed by atoms with Gasteiger partial charge in [-0.3, -0.25) is 4.90 Å². The smallest absolute Gasteiger partial charge is 0.0535 e. The van der Waals surface area contributed by atoms with Gasteiger partial charge in [-0.05, 0) is 24.7 Å². The van der Waals surface area contributed by atoms with E-state index in [9.17, 15) is 0 Å². The molecule has 2 atom stereocenters. The fraction of sp³-hybridized carbons (Fsp3) is 0.500. The molecule has 11 heavy (non-hydrogen) atoms. The van der Waals surface area contributed by atoms with Gasteiger partial charge in [0.15, 0.2) is 0 Å². The van der Waals surface area contributed by atoms with Crippen molar-refractivity contribution in [3.63, 3.8) is 0 Å². The average Bonchev–Trinajstić information content (AvgIpc) is 2.30. The van der Waals surface area contributed by atoms with Crippen molar-refractivity contribution < 1.29 is 0 Å². The topological polar surface area (TPSA) is 3.24 Å². The molecule has 0 aromatic carbocycles. The van der Waals surface area contributed by atoms with Gasteiger partial charge in [0, 0.05) is 10.9 Å². The van der Waals surface area contributed by atoms with Crippen LogP contribution in [-0.2, 0) is 20.6 Å². The lowest BCUT2D eigenvalue weighted by Crippen LogP contribution is -2.25. The van der Waals surface area contributed by atoms with E-state index in [0.29, 0.717) is 6.04 Å². The van der Waals surface area contributed by atoms with Crippen molar-refractivity contribution in [2.75, 3.05) is 12.9 Å². The van der Waals surface area contributed by atoms with Crippen molar-refractivity contribution in [3.8, 4) is 0 Å². The van der Waals surface area contributed by atoms with Crippen LogP contribution in [0.3, 0.4) is 0 Å². The Morgan fingerprint density at radius 1 is 1.73 bits per heavy atom. The highest BCUT2D eigenvalue weighted by Crippen LogP contribution is 2.28. The SMILES string of the molecule is CN1CS(=S)C2=CC=CCC21. The number of fused-ring (bicyclic) bond motifs is 1. The zero-order chi connectivity index (χ0) is 7.84. The highest BCUT2D eigenvalue weighted by atomic mass is 32.8. The summed E-state index contributed by atoms with van der Waals surface area (Å²) in [4.78, 5) is 3.84. The number of hydrogen-bond acceptors (Lipinski definition) is 2. The third-order valence-corrected chi connectivity index (χ3v) is 4.67. The molecule has 0 amide bonds. The van der Waals surface area contributed by atoms with Crippen molar-refractivity contribution in [3.05, 3.63) is 23.1 Å². The van der Waals surface area contributed by atoms with E-state index in [4.69, 9.17) is 11.2 Å². The van der Waals surface area contributed by atoms with Gasteiger partial charge in [0.05, 0.1) is 5.88 Å². The van der Waals surface area contributed by atoms with Gasteiger partial charge in [0.2, 0.25) is 0 Å². The summed E-state index contributed by atoms with van der Waals surface area (Å²) in [5.74, 6) is 1.08. The first kappa shape index (κ1) is 7.65. The van der Waals surface area contributed by atoms with E-state index >= 15 is 0 Å². The molecule has 0 radical (unpaired) electrons. The van der Waals surface area contributed by atoms with Crippen molar-refractivity contribution in [2.45, 2.75) is 12.5 Å². The molecule has 2 aliphatic rings. The van der Waals surface area contributed by atoms with Crippen LogP contribution in [0.15, 0.2) is 23.1 Å². The van der Waals surface area contributed by atoms with Crippen LogP contribution < -0.4 is 0 Å². The minimum absolute atomic E-state index is 0.0997. The largest absolute Gasteiger partial charge is 0.289 e. The summed E-state index contributed by atoms with van der Waals surface area (Å²) < 4.78 is 0. The normalized spacial score (nSPS) is 37.0. The Kier molecular flexibility index (Phi) is 1.95. The standard InChI is InChI=1S/C8H11NS2/c1-9-6-11(10)8-5-3-2-4-7(8)9/h2-3,5,7H,4,6H2,1H3. The van der Waals surface area contributed by atoms with Crippen LogP contribution in [-0.4, -0.2) is 23.9 Å². The van der Waals surface area contributed by atoms with Crippen molar-refractivity contribution in [2.24, 2.45) is 0 Å². The fourth-order valence-electron chi connectivity index (χ4n) is 1.57. The second-order valence-corrected chi connectivity index (χ2v) is 5.61. The molecule has 0 saturated carbocycles. The summed E-state index contributed by atoms with van der Waals surface area (Å²) in [7, 11) is 2.26. The van der Waals surface area contributed by atoms with E-state index < -0.39 is 0 Å². The summed E-state index contributed by atoms with van der Waals surface area (Å²) in [6.45, 7) is 0. The second kappa shape index (κ2) is 2.81. The van der Waals surface area contributed by atoms with Gasteiger partial charge in [0.1, 0.15) is 0 Å². The van der Waals surface area contributed by atoms with E-state index in [1.807, 2.05) is 0 Å². The van der Waals surface area contributed by atoms with E-state index in [0.717, 1.165) is 12.3 Å². The van der Waals surface area contributed by atoms with Crippen LogP contribution in [0.4, 0.5) is 0 Å². The van der Waals surface area contributed by atoms with Crippen LogP contribution in [0.5, 0.6) is 0 Å². The third-order valence-electron chi connectivity index (χ3n) is 2.20. The lowest BCUT2D eigenvalue weighted by Gasteiger charge is -2.18. The van der Waals surface area contributed by atoms with Gasteiger partial charge in [0.25, 0.3) is 0 Å². The van der Waals surface area contributed by atoms with Gasteiger partial charge in [-0.1, -0.05) is 27.7 Å². The molecule has 0 bridgehead atoms. The Morgan fingerprint density at radius 2 is 2.55 bits per heavy atom. The van der Waals surface area contributed by atoms with Crippen molar-refractivity contribution in [1.82, 2.24) is 4.90 Å². The molecule has 1 heterocycles. The summed E-state index contributed by atoms with van der Waals surface area (Å²) in [6, 6.07) is 0.626. The first-order chi connectivity index (χ1) is 5.29. The Labute approximate surface area is 74.4 Å². The maximum absolute atomic E-state index is 5.36. The molecule has 0 spiro atoms. The second-order valence-electron chi connectivity index (χ2n) is 2.98. The number of allylic oxidation sites excluding steroid dienone is 2. The predicted molar refractivity (Wildman–Crippen MR) is 53.0 cm³/mol. The van der Waals surface area contributed by atoms with Crippen molar-refractivity contribution in [1.29, 1.82) is 0 Å². The number of likely N-dealkylation sites (N-methyl/N-ethyl adjacent to an activating group) is 1. The minimum Gasteiger partial charge on any atom is -0.289 e. The van der Waals surface area contributed by atoms with Gasteiger partial charge < -0.3 is 0 Å². The predicted octanol–water partition coefficient (Wildman–Crippen LogP) is 1.18. The maximum Gasteiger partial charge on any atom is 0.0535 e. The fourth-order valence-corrected chi connectivity index (χ4v) is 4.08. The first-order valence-corrected chi connectivity index (χ1v) is 6.06. The summed E-state index contributed by atoms with van der Waals surface area (Å²) in [5.41, 5.74) is 0. The Hall–Kier alpha value is 0.0100. The zero-order valence-electron chi connectivity index (χ0n) is 6.49. The monoisotopic (exact) mass is 185 g/mol. The Balaban J connectivity index is 2.34. The third kappa shape index (κ3) is 1.21. The van der Waals surface area contributed by atoms with Gasteiger partial charge in [-0.25, -0.2) is 0 Å². The van der Waals surface area contributed by atoms with Gasteiger partial charge in [-0.2, -0.15) is 0 Å². The van der Waals surface area contributed by atoms with E-state index in [1.165, 1.54) is 4.91 Å². The first-order valence-electron chi connectivity index (χ1n) is 3.74. The zero-order valence-corrected chi connectivity index (χ0v) is 8.12. The molecule has 1 aliphatic heterocycles. The molecule has 1 saturated heterocycles. The van der Waals surface area contributed by atoms with Crippen LogP contribution in [0, 0.1) is 0 Å². The lowest BCUT2D eigenvalue weighted by molar-refractivity contribution is 0.341. The molecule has 1 aliphatic carbocycles. The molecule has 0 aromatic heterocycles. The summed E-state index contributed by atoms with van der Waals surface area (Å²) >= 11 is 5.36. The molecule has 3 heteroatoms.